The van der Waals surface area contributed by atoms with Crippen LogP contribution in [0.1, 0.15) is 48.4 Å². The number of aromatic nitrogens is 1. The molecule has 1 atom stereocenters. The highest BCUT2D eigenvalue weighted by atomic mass is 32.2. The molecule has 1 amide bonds. The molecule has 1 fully saturated rings. The summed E-state index contributed by atoms with van der Waals surface area (Å²) in [5.74, 6) is -0.907. The van der Waals surface area contributed by atoms with E-state index in [1.165, 1.54) is 10.4 Å². The van der Waals surface area contributed by atoms with E-state index in [2.05, 4.69) is 5.32 Å². The molecule has 1 aliphatic heterocycles. The highest BCUT2D eigenvalue weighted by Gasteiger charge is 2.47. The van der Waals surface area contributed by atoms with Crippen molar-refractivity contribution in [2.24, 2.45) is 0 Å². The van der Waals surface area contributed by atoms with E-state index in [-0.39, 0.29) is 35.2 Å². The SMILES string of the molecule is COC(=O)C1CN(C2CCCC2)S(=O)(=O)c2c(-c3cccc(C(F)(F)F)c3)c(Cc3cccc4ccccc34)c(NC=O)c(=O)n21. The van der Waals surface area contributed by atoms with E-state index in [0.717, 1.165) is 53.5 Å². The summed E-state index contributed by atoms with van der Waals surface area (Å²) in [4.78, 5) is 39.5. The van der Waals surface area contributed by atoms with Crippen molar-refractivity contribution >= 4 is 38.9 Å². The summed E-state index contributed by atoms with van der Waals surface area (Å²) in [5.41, 5.74) is -2.10. The quantitative estimate of drug-likeness (QED) is 0.208. The first-order chi connectivity index (χ1) is 22.0. The highest BCUT2D eigenvalue weighted by Crippen LogP contribution is 2.44. The van der Waals surface area contributed by atoms with Gasteiger partial charge in [0, 0.05) is 24.6 Å². The molecule has 3 aromatic carbocycles. The molecule has 240 valence electrons. The van der Waals surface area contributed by atoms with Gasteiger partial charge in [-0.1, -0.05) is 67.4 Å². The maximum Gasteiger partial charge on any atom is 0.416 e. The lowest BCUT2D eigenvalue weighted by Crippen LogP contribution is -2.53. The van der Waals surface area contributed by atoms with Crippen LogP contribution in [0.15, 0.2) is 76.6 Å². The minimum atomic E-state index is -4.77. The Bertz CT molecular complexity index is 2010. The number of alkyl halides is 3. The number of esters is 1. The van der Waals surface area contributed by atoms with E-state index in [9.17, 15) is 36.0 Å². The van der Waals surface area contributed by atoms with Crippen molar-refractivity contribution < 1.29 is 35.9 Å². The maximum absolute atomic E-state index is 14.7. The number of carbonyl (C=O) groups excluding carboxylic acids is 2. The number of carbonyl (C=O) groups is 2. The molecule has 1 aromatic heterocycles. The number of ether oxygens (including phenoxy) is 1. The Balaban J connectivity index is 1.76. The molecule has 0 spiro atoms. The number of nitrogens with one attached hydrogen (secondary N) is 1. The number of hydrogen-bond acceptors (Lipinski definition) is 6. The number of fused-ring (bicyclic) bond motifs is 2. The number of anilines is 1. The average Bonchev–Trinajstić information content (AvgIpc) is 3.57. The van der Waals surface area contributed by atoms with Gasteiger partial charge < -0.3 is 10.1 Å². The van der Waals surface area contributed by atoms with Crippen molar-refractivity contribution in [1.29, 1.82) is 0 Å². The number of halogens is 3. The Morgan fingerprint density at radius 3 is 2.43 bits per heavy atom. The van der Waals surface area contributed by atoms with Crippen LogP contribution in [0.25, 0.3) is 21.9 Å². The molecule has 0 saturated heterocycles. The fraction of sp³-hybridized carbons (Fsp3) is 0.303. The summed E-state index contributed by atoms with van der Waals surface area (Å²) < 4.78 is 78.4. The van der Waals surface area contributed by atoms with Crippen LogP contribution in [0.2, 0.25) is 0 Å². The van der Waals surface area contributed by atoms with E-state index in [0.29, 0.717) is 18.4 Å². The number of methoxy groups -OCH3 is 1. The summed E-state index contributed by atoms with van der Waals surface area (Å²) in [6.45, 7) is -0.405. The Kier molecular flexibility index (Phi) is 8.23. The van der Waals surface area contributed by atoms with E-state index in [1.54, 1.807) is 18.2 Å². The van der Waals surface area contributed by atoms with Crippen molar-refractivity contribution in [2.75, 3.05) is 19.0 Å². The van der Waals surface area contributed by atoms with E-state index in [4.69, 9.17) is 4.74 Å². The Morgan fingerprint density at radius 2 is 1.74 bits per heavy atom. The predicted molar refractivity (Wildman–Crippen MR) is 165 cm³/mol. The molecular weight excluding hydrogens is 623 g/mol. The second kappa shape index (κ2) is 12.0. The van der Waals surface area contributed by atoms with Crippen LogP contribution < -0.4 is 10.9 Å². The third kappa shape index (κ3) is 5.36. The van der Waals surface area contributed by atoms with Gasteiger partial charge in [-0.2, -0.15) is 17.5 Å². The molecule has 1 N–H and O–H groups in total. The number of amides is 1. The molecule has 1 aliphatic carbocycles. The van der Waals surface area contributed by atoms with Gasteiger partial charge in [0.05, 0.1) is 12.7 Å². The van der Waals surface area contributed by atoms with Gasteiger partial charge in [-0.05, 0) is 52.4 Å². The van der Waals surface area contributed by atoms with Crippen LogP contribution in [0, 0.1) is 0 Å². The standard InChI is InChI=1S/C33H30F3N3O6S/c1-45-32(42)27-18-38(24-13-3-4-14-24)46(43,44)31-28(22-11-7-12-23(16-22)33(34,35)36)26(29(37-19-40)30(41)39(27)31)17-21-10-6-9-20-8-2-5-15-25(20)21/h2,5-12,15-16,19,24,27H,3-4,13-14,17-18H2,1H3,(H,37,40). The molecule has 0 bridgehead atoms. The monoisotopic (exact) mass is 653 g/mol. The topological polar surface area (TPSA) is 115 Å². The molecule has 2 heterocycles. The molecule has 9 nitrogen and oxygen atoms in total. The second-order valence-corrected chi connectivity index (χ2v) is 13.2. The van der Waals surface area contributed by atoms with Gasteiger partial charge in [0.2, 0.25) is 6.41 Å². The smallest absolute Gasteiger partial charge is 0.416 e. The number of pyridine rings is 1. The van der Waals surface area contributed by atoms with Gasteiger partial charge in [0.25, 0.3) is 15.6 Å². The number of sulfonamides is 1. The Hall–Kier alpha value is -4.49. The van der Waals surface area contributed by atoms with Gasteiger partial charge in [0.1, 0.15) is 11.7 Å². The van der Waals surface area contributed by atoms with Crippen molar-refractivity contribution in [3.8, 4) is 11.1 Å². The van der Waals surface area contributed by atoms with Crippen LogP contribution >= 0.6 is 0 Å². The highest BCUT2D eigenvalue weighted by molar-refractivity contribution is 7.89. The third-order valence-corrected chi connectivity index (χ3v) is 10.8. The van der Waals surface area contributed by atoms with Crippen LogP contribution in [0.5, 0.6) is 0 Å². The minimum Gasteiger partial charge on any atom is -0.467 e. The Morgan fingerprint density at radius 1 is 1.04 bits per heavy atom. The summed E-state index contributed by atoms with van der Waals surface area (Å²) in [7, 11) is -3.49. The zero-order chi connectivity index (χ0) is 32.8. The normalized spacial score (nSPS) is 18.3. The first-order valence-electron chi connectivity index (χ1n) is 14.7. The van der Waals surface area contributed by atoms with Gasteiger partial charge in [-0.25, -0.2) is 13.2 Å². The van der Waals surface area contributed by atoms with Gasteiger partial charge in [-0.15, -0.1) is 0 Å². The average molecular weight is 654 g/mol. The number of rotatable bonds is 7. The van der Waals surface area contributed by atoms with Crippen molar-refractivity contribution in [3.05, 3.63) is 93.8 Å². The summed E-state index contributed by atoms with van der Waals surface area (Å²) >= 11 is 0. The van der Waals surface area contributed by atoms with E-state index < -0.39 is 56.9 Å². The van der Waals surface area contributed by atoms with Crippen molar-refractivity contribution in [1.82, 2.24) is 8.87 Å². The molecule has 13 heteroatoms. The van der Waals surface area contributed by atoms with Crippen LogP contribution in [-0.2, 0) is 36.9 Å². The molecule has 6 rings (SSSR count). The lowest BCUT2D eigenvalue weighted by molar-refractivity contribution is -0.145. The zero-order valence-corrected chi connectivity index (χ0v) is 25.5. The van der Waals surface area contributed by atoms with Crippen LogP contribution in [0.3, 0.4) is 0 Å². The lowest BCUT2D eigenvalue weighted by atomic mass is 9.91. The summed E-state index contributed by atoms with van der Waals surface area (Å²) in [6.07, 6.45) is -2.13. The van der Waals surface area contributed by atoms with Crippen LogP contribution in [0.4, 0.5) is 18.9 Å². The predicted octanol–water partition coefficient (Wildman–Crippen LogP) is 5.51. The molecule has 4 aromatic rings. The lowest BCUT2D eigenvalue weighted by Gasteiger charge is -2.39. The molecule has 0 radical (unpaired) electrons. The first-order valence-corrected chi connectivity index (χ1v) is 16.2. The van der Waals surface area contributed by atoms with Gasteiger partial charge >= 0.3 is 12.1 Å². The summed E-state index contributed by atoms with van der Waals surface area (Å²) in [5, 5.41) is 3.38. The Labute approximate surface area is 262 Å². The number of benzene rings is 3. The summed E-state index contributed by atoms with van der Waals surface area (Å²) in [6, 6.07) is 14.9. The molecular formula is C33H30F3N3O6S. The second-order valence-electron chi connectivity index (χ2n) is 11.4. The molecule has 2 aliphatic rings. The van der Waals surface area contributed by atoms with Crippen LogP contribution in [-0.4, -0.2) is 49.4 Å². The number of nitrogens with zero attached hydrogens (tertiary/aromatic N) is 2. The van der Waals surface area contributed by atoms with Crippen molar-refractivity contribution in [3.63, 3.8) is 0 Å². The fourth-order valence-corrected chi connectivity index (χ4v) is 8.86. The third-order valence-electron chi connectivity index (χ3n) is 8.82. The van der Waals surface area contributed by atoms with Gasteiger partial charge in [-0.3, -0.25) is 14.2 Å². The van der Waals surface area contributed by atoms with Crippen molar-refractivity contribution in [2.45, 2.75) is 55.4 Å². The molecule has 1 unspecified atom stereocenters. The maximum atomic E-state index is 14.7. The van der Waals surface area contributed by atoms with E-state index in [1.807, 2.05) is 24.3 Å². The first kappa shape index (κ1) is 31.5. The molecule has 1 saturated carbocycles. The minimum absolute atomic E-state index is 0.000472. The number of hydrogen-bond donors (Lipinski definition) is 1. The zero-order valence-electron chi connectivity index (χ0n) is 24.7. The van der Waals surface area contributed by atoms with E-state index >= 15 is 0 Å². The largest absolute Gasteiger partial charge is 0.467 e. The van der Waals surface area contributed by atoms with Gasteiger partial charge in [0.15, 0.2) is 5.03 Å². The molecule has 46 heavy (non-hydrogen) atoms. The fourth-order valence-electron chi connectivity index (χ4n) is 6.74.